The normalized spacial score (nSPS) is 14.1. The molecule has 5 rings (SSSR count). The Hall–Kier alpha value is -3.72. The van der Waals surface area contributed by atoms with Gasteiger partial charge in [-0.25, -0.2) is 4.79 Å². The highest BCUT2D eigenvalue weighted by molar-refractivity contribution is 5.82. The molecule has 182 valence electrons. The van der Waals surface area contributed by atoms with Crippen LogP contribution in [0.1, 0.15) is 43.9 Å². The maximum Gasteiger partial charge on any atom is 0.328 e. The third kappa shape index (κ3) is 5.19. The van der Waals surface area contributed by atoms with E-state index < -0.39 is 0 Å². The Kier molecular flexibility index (Phi) is 6.76. The summed E-state index contributed by atoms with van der Waals surface area (Å²) in [7, 11) is 0. The number of hydrogen-bond donors (Lipinski definition) is 2. The van der Waals surface area contributed by atoms with Gasteiger partial charge in [0, 0.05) is 18.3 Å². The van der Waals surface area contributed by atoms with Crippen LogP contribution in [0, 0.1) is 0 Å². The number of ether oxygens (including phenoxy) is 1. The molecule has 1 saturated heterocycles. The molecule has 0 saturated carbocycles. The summed E-state index contributed by atoms with van der Waals surface area (Å²) in [5.41, 5.74) is 10.9. The predicted molar refractivity (Wildman–Crippen MR) is 136 cm³/mol. The predicted octanol–water partition coefficient (Wildman–Crippen LogP) is 3.59. The molecule has 9 heteroatoms. The van der Waals surface area contributed by atoms with Crippen molar-refractivity contribution in [3.63, 3.8) is 0 Å². The Morgan fingerprint density at radius 1 is 1.03 bits per heavy atom. The second-order valence-electron chi connectivity index (χ2n) is 9.03. The summed E-state index contributed by atoms with van der Waals surface area (Å²) in [4.78, 5) is 31.1. The van der Waals surface area contributed by atoms with E-state index in [0.717, 1.165) is 54.9 Å². The molecule has 1 aliphatic heterocycles. The molecule has 1 aromatic carbocycles. The number of nitrogens with one attached hydrogen (secondary N) is 1. The molecule has 0 radical (unpaired) electrons. The van der Waals surface area contributed by atoms with E-state index in [9.17, 15) is 4.79 Å². The van der Waals surface area contributed by atoms with Gasteiger partial charge in [-0.2, -0.15) is 9.97 Å². The van der Waals surface area contributed by atoms with Crippen LogP contribution in [0.25, 0.3) is 22.3 Å². The van der Waals surface area contributed by atoms with Gasteiger partial charge in [-0.15, -0.1) is 0 Å². The van der Waals surface area contributed by atoms with Crippen molar-refractivity contribution >= 4 is 17.0 Å². The Labute approximate surface area is 204 Å². The van der Waals surface area contributed by atoms with Crippen molar-refractivity contribution in [3.05, 3.63) is 64.3 Å². The fourth-order valence-electron chi connectivity index (χ4n) is 4.39. The van der Waals surface area contributed by atoms with Gasteiger partial charge >= 0.3 is 11.7 Å². The molecule has 0 atom stereocenters. The molecule has 0 amide bonds. The number of fused-ring (bicyclic) bond motifs is 1. The summed E-state index contributed by atoms with van der Waals surface area (Å²) >= 11 is 0. The number of hydrogen-bond acceptors (Lipinski definition) is 7. The van der Waals surface area contributed by atoms with E-state index in [1.807, 2.05) is 18.3 Å². The van der Waals surface area contributed by atoms with Crippen LogP contribution in [-0.4, -0.2) is 49.1 Å². The van der Waals surface area contributed by atoms with Gasteiger partial charge in [-0.3, -0.25) is 14.5 Å². The second-order valence-corrected chi connectivity index (χ2v) is 9.03. The number of H-pyrrole nitrogens is 1. The molecule has 0 bridgehead atoms. The van der Waals surface area contributed by atoms with Crippen LogP contribution < -0.4 is 16.2 Å². The SMILES string of the molecule is CCCCOc1nc(N)c2[nH]c(=O)n(Cc3ccc(-c4ccc(CN5CCCC5)nc4)cc3)c2n1. The number of imidazole rings is 1. The quantitative estimate of drug-likeness (QED) is 0.357. The third-order valence-electron chi connectivity index (χ3n) is 6.40. The first-order valence-corrected chi connectivity index (χ1v) is 12.3. The number of aromatic amines is 1. The molecule has 0 aliphatic carbocycles. The Morgan fingerprint density at radius 2 is 1.80 bits per heavy atom. The number of nitrogens with two attached hydrogens (primary N) is 1. The number of nitrogen functional groups attached to an aromatic ring is 1. The first-order chi connectivity index (χ1) is 17.1. The zero-order valence-electron chi connectivity index (χ0n) is 20.0. The van der Waals surface area contributed by atoms with Crippen molar-refractivity contribution in [1.29, 1.82) is 0 Å². The topological polar surface area (TPSA) is 115 Å². The van der Waals surface area contributed by atoms with E-state index in [1.165, 1.54) is 12.8 Å². The molecule has 0 unspecified atom stereocenters. The van der Waals surface area contributed by atoms with Crippen LogP contribution in [0.15, 0.2) is 47.4 Å². The van der Waals surface area contributed by atoms with E-state index >= 15 is 0 Å². The lowest BCUT2D eigenvalue weighted by Gasteiger charge is -2.14. The van der Waals surface area contributed by atoms with E-state index in [2.05, 4.69) is 56.0 Å². The molecule has 3 N–H and O–H groups in total. The van der Waals surface area contributed by atoms with Crippen LogP contribution in [-0.2, 0) is 13.1 Å². The largest absolute Gasteiger partial charge is 0.463 e. The zero-order chi connectivity index (χ0) is 24.2. The smallest absolute Gasteiger partial charge is 0.328 e. The standard InChI is InChI=1S/C26H31N7O2/c1-2-3-14-35-25-30-23(27)22-24(31-25)33(26(34)29-22)16-18-6-8-19(9-7-18)20-10-11-21(28-15-20)17-32-12-4-5-13-32/h6-11,15H,2-5,12-14,16-17H2,1H3,(H,29,34)(H2,27,30,31). The van der Waals surface area contributed by atoms with Gasteiger partial charge in [0.05, 0.1) is 18.8 Å². The minimum absolute atomic E-state index is 0.187. The average molecular weight is 474 g/mol. The molecular formula is C26H31N7O2. The van der Waals surface area contributed by atoms with Crippen LogP contribution in [0.2, 0.25) is 0 Å². The van der Waals surface area contributed by atoms with Crippen LogP contribution in [0.4, 0.5) is 5.82 Å². The number of likely N-dealkylation sites (tertiary alicyclic amines) is 1. The Balaban J connectivity index is 1.32. The highest BCUT2D eigenvalue weighted by Crippen LogP contribution is 2.22. The lowest BCUT2D eigenvalue weighted by molar-refractivity contribution is 0.286. The van der Waals surface area contributed by atoms with E-state index in [4.69, 9.17) is 10.5 Å². The van der Waals surface area contributed by atoms with Gasteiger partial charge in [-0.1, -0.05) is 43.7 Å². The van der Waals surface area contributed by atoms with Gasteiger partial charge < -0.3 is 15.5 Å². The van der Waals surface area contributed by atoms with E-state index in [-0.39, 0.29) is 17.5 Å². The summed E-state index contributed by atoms with van der Waals surface area (Å²) in [6.07, 6.45) is 6.39. The second kappa shape index (κ2) is 10.3. The molecule has 4 aromatic rings. The fraction of sp³-hybridized carbons (Fsp3) is 0.385. The summed E-state index contributed by atoms with van der Waals surface area (Å²) in [5.74, 6) is 0.202. The third-order valence-corrected chi connectivity index (χ3v) is 6.40. The summed E-state index contributed by atoms with van der Waals surface area (Å²) in [5, 5.41) is 0. The minimum Gasteiger partial charge on any atom is -0.463 e. The number of aromatic nitrogens is 5. The molecule has 9 nitrogen and oxygen atoms in total. The number of nitrogens with zero attached hydrogens (tertiary/aromatic N) is 5. The van der Waals surface area contributed by atoms with Crippen molar-refractivity contribution in [3.8, 4) is 17.1 Å². The maximum absolute atomic E-state index is 12.6. The number of pyridine rings is 1. The molecule has 3 aromatic heterocycles. The monoisotopic (exact) mass is 473 g/mol. The van der Waals surface area contributed by atoms with Crippen molar-refractivity contribution < 1.29 is 4.74 Å². The van der Waals surface area contributed by atoms with E-state index in [0.29, 0.717) is 24.3 Å². The van der Waals surface area contributed by atoms with Crippen LogP contribution in [0.3, 0.4) is 0 Å². The summed E-state index contributed by atoms with van der Waals surface area (Å²) in [6.45, 7) is 6.19. The molecule has 0 spiro atoms. The highest BCUT2D eigenvalue weighted by Gasteiger charge is 2.15. The average Bonchev–Trinajstić information content (AvgIpc) is 3.49. The summed E-state index contributed by atoms with van der Waals surface area (Å²) < 4.78 is 7.18. The van der Waals surface area contributed by atoms with Crippen molar-refractivity contribution in [2.24, 2.45) is 0 Å². The number of rotatable bonds is 9. The molecule has 1 fully saturated rings. The first kappa shape index (κ1) is 23.0. The van der Waals surface area contributed by atoms with Crippen molar-refractivity contribution in [1.82, 2.24) is 29.4 Å². The fourth-order valence-corrected chi connectivity index (χ4v) is 4.39. The maximum atomic E-state index is 12.6. The molecule has 35 heavy (non-hydrogen) atoms. The molecule has 4 heterocycles. The van der Waals surface area contributed by atoms with Crippen LogP contribution >= 0.6 is 0 Å². The molecular weight excluding hydrogens is 442 g/mol. The van der Waals surface area contributed by atoms with Crippen LogP contribution in [0.5, 0.6) is 6.01 Å². The lowest BCUT2D eigenvalue weighted by atomic mass is 10.1. The van der Waals surface area contributed by atoms with Gasteiger partial charge in [0.1, 0.15) is 5.52 Å². The Bertz CT molecular complexity index is 1340. The van der Waals surface area contributed by atoms with Gasteiger partial charge in [0.15, 0.2) is 11.5 Å². The van der Waals surface area contributed by atoms with Crippen molar-refractivity contribution in [2.45, 2.75) is 45.7 Å². The lowest BCUT2D eigenvalue weighted by Crippen LogP contribution is -2.18. The minimum atomic E-state index is -0.284. The van der Waals surface area contributed by atoms with Gasteiger partial charge in [-0.05, 0) is 49.5 Å². The van der Waals surface area contributed by atoms with Crippen molar-refractivity contribution in [2.75, 3.05) is 25.4 Å². The molecule has 1 aliphatic rings. The first-order valence-electron chi connectivity index (χ1n) is 12.3. The van der Waals surface area contributed by atoms with Gasteiger partial charge in [0.2, 0.25) is 0 Å². The number of anilines is 1. The summed E-state index contributed by atoms with van der Waals surface area (Å²) in [6, 6.07) is 12.6. The highest BCUT2D eigenvalue weighted by atomic mass is 16.5. The zero-order valence-corrected chi connectivity index (χ0v) is 20.0. The number of benzene rings is 1. The Morgan fingerprint density at radius 3 is 2.51 bits per heavy atom. The van der Waals surface area contributed by atoms with Gasteiger partial charge in [0.25, 0.3) is 0 Å². The van der Waals surface area contributed by atoms with E-state index in [1.54, 1.807) is 4.57 Å². The number of unbranched alkanes of at least 4 members (excludes halogenated alkanes) is 1.